The number of aromatic nitrogens is 1. The average molecular weight is 399 g/mol. The quantitative estimate of drug-likeness (QED) is 0.520. The van der Waals surface area contributed by atoms with Crippen molar-refractivity contribution in [2.45, 2.75) is 25.9 Å². The molecule has 1 unspecified atom stereocenters. The molecule has 1 aromatic carbocycles. The molecule has 8 heteroatoms. The number of nitrogens with one attached hydrogen (secondary N) is 2. The number of fused-ring (bicyclic) bond motifs is 1. The summed E-state index contributed by atoms with van der Waals surface area (Å²) in [6, 6.07) is 7.63. The highest BCUT2D eigenvalue weighted by atomic mass is 19.1. The second kappa shape index (κ2) is 8.06. The molecule has 3 heterocycles. The fourth-order valence-corrected chi connectivity index (χ4v) is 3.64. The second-order valence-electron chi connectivity index (χ2n) is 7.10. The van der Waals surface area contributed by atoms with Crippen molar-refractivity contribution < 1.29 is 13.2 Å². The Kier molecular flexibility index (Phi) is 5.33. The first-order valence-electron chi connectivity index (χ1n) is 9.55. The molecule has 0 bridgehead atoms. The van der Waals surface area contributed by atoms with E-state index in [0.717, 1.165) is 29.7 Å². The first-order valence-corrected chi connectivity index (χ1v) is 9.55. The van der Waals surface area contributed by atoms with E-state index in [1.165, 1.54) is 18.2 Å². The lowest BCUT2D eigenvalue weighted by Gasteiger charge is -2.19. The Morgan fingerprint density at radius 3 is 3.00 bits per heavy atom. The van der Waals surface area contributed by atoms with Crippen LogP contribution in [0, 0.1) is 18.6 Å². The molecule has 1 atom stereocenters. The monoisotopic (exact) mass is 399 g/mol. The van der Waals surface area contributed by atoms with Crippen molar-refractivity contribution in [3.8, 4) is 0 Å². The van der Waals surface area contributed by atoms with Gasteiger partial charge in [0.2, 0.25) is 0 Å². The standard InChI is InChI=1S/C21H23F2N5O/c1-13-16-10-14(22)5-6-18(16)29-19(13)11-26-21(24-2)27-15-7-9-28(12-15)20-17(23)4-3-8-25-20/h3-6,8,10,15H,7,9,11-12H2,1-2H3,(H2,24,26,27). The van der Waals surface area contributed by atoms with Crippen LogP contribution in [0.25, 0.3) is 11.0 Å². The third kappa shape index (κ3) is 4.01. The summed E-state index contributed by atoms with van der Waals surface area (Å²) in [6.07, 6.45) is 2.45. The molecule has 29 heavy (non-hydrogen) atoms. The molecule has 2 N–H and O–H groups in total. The van der Waals surface area contributed by atoms with Gasteiger partial charge in [-0.05, 0) is 43.7 Å². The Bertz CT molecular complexity index is 1050. The minimum atomic E-state index is -0.313. The highest BCUT2D eigenvalue weighted by Gasteiger charge is 2.26. The minimum Gasteiger partial charge on any atom is -0.459 e. The van der Waals surface area contributed by atoms with Gasteiger partial charge >= 0.3 is 0 Å². The van der Waals surface area contributed by atoms with Crippen molar-refractivity contribution in [1.29, 1.82) is 0 Å². The third-order valence-corrected chi connectivity index (χ3v) is 5.20. The number of hydrogen-bond acceptors (Lipinski definition) is 4. The Balaban J connectivity index is 1.37. The van der Waals surface area contributed by atoms with Gasteiger partial charge in [-0.3, -0.25) is 4.99 Å². The Hall–Kier alpha value is -3.16. The Morgan fingerprint density at radius 2 is 2.21 bits per heavy atom. The van der Waals surface area contributed by atoms with Crippen molar-refractivity contribution in [2.24, 2.45) is 4.99 Å². The predicted molar refractivity (Wildman–Crippen MR) is 109 cm³/mol. The van der Waals surface area contributed by atoms with Crippen LogP contribution < -0.4 is 15.5 Å². The SMILES string of the molecule is CN=C(NCc1oc2ccc(F)cc2c1C)NC1CCN(c2ncccc2F)C1. The maximum Gasteiger partial charge on any atom is 0.191 e. The van der Waals surface area contributed by atoms with E-state index in [4.69, 9.17) is 4.42 Å². The number of rotatable bonds is 4. The van der Waals surface area contributed by atoms with Crippen molar-refractivity contribution in [3.63, 3.8) is 0 Å². The molecule has 1 fully saturated rings. The van der Waals surface area contributed by atoms with Crippen molar-refractivity contribution >= 4 is 22.7 Å². The normalized spacial score (nSPS) is 17.2. The zero-order valence-electron chi connectivity index (χ0n) is 16.4. The van der Waals surface area contributed by atoms with Crippen LogP contribution in [0.5, 0.6) is 0 Å². The zero-order chi connectivity index (χ0) is 20.4. The van der Waals surface area contributed by atoms with Crippen LogP contribution in [0.4, 0.5) is 14.6 Å². The van der Waals surface area contributed by atoms with Crippen LogP contribution in [-0.4, -0.2) is 37.1 Å². The number of aliphatic imine (C=N–C) groups is 1. The highest BCUT2D eigenvalue weighted by molar-refractivity contribution is 5.83. The molecule has 0 radical (unpaired) electrons. The Morgan fingerprint density at radius 1 is 1.34 bits per heavy atom. The molecule has 3 aromatic rings. The summed E-state index contributed by atoms with van der Waals surface area (Å²) in [4.78, 5) is 10.3. The summed E-state index contributed by atoms with van der Waals surface area (Å²) in [5.74, 6) is 1.15. The number of nitrogens with zero attached hydrogens (tertiary/aromatic N) is 3. The summed E-state index contributed by atoms with van der Waals surface area (Å²) in [5.41, 5.74) is 1.56. The first-order chi connectivity index (χ1) is 14.0. The fraction of sp³-hybridized carbons (Fsp3) is 0.333. The fourth-order valence-electron chi connectivity index (χ4n) is 3.64. The zero-order valence-corrected chi connectivity index (χ0v) is 16.4. The van der Waals surface area contributed by atoms with Crippen molar-refractivity contribution in [1.82, 2.24) is 15.6 Å². The van der Waals surface area contributed by atoms with E-state index in [1.54, 1.807) is 25.4 Å². The topological polar surface area (TPSA) is 65.7 Å². The van der Waals surface area contributed by atoms with E-state index in [-0.39, 0.29) is 17.7 Å². The summed E-state index contributed by atoms with van der Waals surface area (Å²) < 4.78 is 33.3. The molecular weight excluding hydrogens is 376 g/mol. The number of pyridine rings is 1. The lowest BCUT2D eigenvalue weighted by Crippen LogP contribution is -2.44. The van der Waals surface area contributed by atoms with E-state index >= 15 is 0 Å². The maximum atomic E-state index is 14.0. The van der Waals surface area contributed by atoms with Crippen LogP contribution in [0.2, 0.25) is 0 Å². The molecule has 0 spiro atoms. The van der Waals surface area contributed by atoms with Crippen molar-refractivity contribution in [3.05, 3.63) is 59.5 Å². The lowest BCUT2D eigenvalue weighted by molar-refractivity contribution is 0.531. The van der Waals surface area contributed by atoms with Gasteiger partial charge in [0, 0.05) is 43.3 Å². The maximum absolute atomic E-state index is 14.0. The molecule has 0 amide bonds. The third-order valence-electron chi connectivity index (χ3n) is 5.20. The molecular formula is C21H23F2N5O. The molecule has 1 saturated heterocycles. The van der Waals surface area contributed by atoms with E-state index in [1.807, 2.05) is 11.8 Å². The predicted octanol–water partition coefficient (Wildman–Crippen LogP) is 3.36. The average Bonchev–Trinajstić information content (AvgIpc) is 3.30. The molecule has 1 aliphatic heterocycles. The van der Waals surface area contributed by atoms with Crippen LogP contribution in [0.3, 0.4) is 0 Å². The van der Waals surface area contributed by atoms with Crippen LogP contribution >= 0.6 is 0 Å². The number of halogens is 2. The van der Waals surface area contributed by atoms with Gasteiger partial charge in [0.15, 0.2) is 17.6 Å². The lowest BCUT2D eigenvalue weighted by atomic mass is 10.1. The molecule has 1 aliphatic rings. The Labute approximate surface area is 167 Å². The van der Waals surface area contributed by atoms with E-state index in [0.29, 0.717) is 30.4 Å². The van der Waals surface area contributed by atoms with Crippen LogP contribution in [0.1, 0.15) is 17.7 Å². The number of furan rings is 1. The van der Waals surface area contributed by atoms with Gasteiger partial charge < -0.3 is 20.0 Å². The molecule has 6 nitrogen and oxygen atoms in total. The van der Waals surface area contributed by atoms with Gasteiger partial charge in [0.1, 0.15) is 17.2 Å². The van der Waals surface area contributed by atoms with Gasteiger partial charge in [-0.25, -0.2) is 13.8 Å². The smallest absolute Gasteiger partial charge is 0.191 e. The number of benzene rings is 1. The molecule has 4 rings (SSSR count). The van der Waals surface area contributed by atoms with E-state index in [9.17, 15) is 8.78 Å². The van der Waals surface area contributed by atoms with E-state index < -0.39 is 0 Å². The van der Waals surface area contributed by atoms with Gasteiger partial charge in [-0.1, -0.05) is 0 Å². The van der Waals surface area contributed by atoms with Crippen LogP contribution in [0.15, 0.2) is 45.9 Å². The number of anilines is 1. The van der Waals surface area contributed by atoms with Gasteiger partial charge in [0.05, 0.1) is 6.54 Å². The van der Waals surface area contributed by atoms with Gasteiger partial charge in [0.25, 0.3) is 0 Å². The summed E-state index contributed by atoms with van der Waals surface area (Å²) in [5, 5.41) is 7.37. The highest BCUT2D eigenvalue weighted by Crippen LogP contribution is 2.26. The number of hydrogen-bond donors (Lipinski definition) is 2. The summed E-state index contributed by atoms with van der Waals surface area (Å²) in [6.45, 7) is 3.69. The second-order valence-corrected chi connectivity index (χ2v) is 7.10. The summed E-state index contributed by atoms with van der Waals surface area (Å²) in [7, 11) is 1.70. The molecule has 0 saturated carbocycles. The number of guanidine groups is 1. The molecule has 0 aliphatic carbocycles. The van der Waals surface area contributed by atoms with E-state index in [2.05, 4.69) is 20.6 Å². The molecule has 2 aromatic heterocycles. The molecule has 152 valence electrons. The summed E-state index contributed by atoms with van der Waals surface area (Å²) >= 11 is 0. The van der Waals surface area contributed by atoms with Gasteiger partial charge in [-0.15, -0.1) is 0 Å². The number of aryl methyl sites for hydroxylation is 1. The van der Waals surface area contributed by atoms with Crippen molar-refractivity contribution in [2.75, 3.05) is 25.0 Å². The largest absolute Gasteiger partial charge is 0.459 e. The minimum absolute atomic E-state index is 0.119. The first kappa shape index (κ1) is 19.2. The van der Waals surface area contributed by atoms with Gasteiger partial charge in [-0.2, -0.15) is 0 Å². The van der Waals surface area contributed by atoms with Crippen LogP contribution in [-0.2, 0) is 6.54 Å².